The third-order valence-electron chi connectivity index (χ3n) is 35.1. The average Bonchev–Trinajstić information content (AvgIpc) is 1.53. The van der Waals surface area contributed by atoms with Crippen molar-refractivity contribution < 1.29 is 43.0 Å². The predicted octanol–water partition coefficient (Wildman–Crippen LogP) is 24.2. The van der Waals surface area contributed by atoms with Crippen LogP contribution in [0.3, 0.4) is 0 Å². The number of benzene rings is 5. The van der Waals surface area contributed by atoms with Crippen molar-refractivity contribution in [2.45, 2.75) is 369 Å². The smallest absolute Gasteiger partial charge is 0.293 e. The average molecular weight is 1970 g/mol. The molecule has 0 aliphatic heterocycles. The molecule has 5 aromatic heterocycles. The number of rotatable bonds is 41. The molecular weight excluding hydrogens is 1800 g/mol. The van der Waals surface area contributed by atoms with Gasteiger partial charge < -0.3 is 30.2 Å². The molecule has 145 heavy (non-hydrogen) atoms. The van der Waals surface area contributed by atoms with E-state index in [0.717, 1.165) is 222 Å². The van der Waals surface area contributed by atoms with E-state index in [-0.39, 0.29) is 29.5 Å². The Balaban J connectivity index is 0.000000130. The zero-order valence-electron chi connectivity index (χ0n) is 91.8. The molecule has 20 rings (SSSR count). The van der Waals surface area contributed by atoms with E-state index in [0.29, 0.717) is 144 Å². The monoisotopic (exact) mass is 1970 g/mol. The highest BCUT2D eigenvalue weighted by Crippen LogP contribution is 2.74. The number of nitrogens with one attached hydrogen (secondary N) is 3. The zero-order valence-corrected chi connectivity index (χ0v) is 91.8. The van der Waals surface area contributed by atoms with Crippen LogP contribution in [-0.4, -0.2) is 124 Å². The van der Waals surface area contributed by atoms with Crippen LogP contribution >= 0.6 is 0 Å². The summed E-state index contributed by atoms with van der Waals surface area (Å²) >= 11 is 0. The van der Waals surface area contributed by atoms with E-state index in [4.69, 9.17) is 14.2 Å². The normalized spacial score (nSPS) is 21.0. The molecule has 0 amide bonds. The first kappa shape index (κ1) is 107. The molecule has 5 aromatic carbocycles. The van der Waals surface area contributed by atoms with Gasteiger partial charge in [-0.25, -0.2) is 23.4 Å². The summed E-state index contributed by atoms with van der Waals surface area (Å²) in [6.07, 6.45) is 22.3. The maximum atomic E-state index is 13.0. The third-order valence-corrected chi connectivity index (χ3v) is 35.1. The van der Waals surface area contributed by atoms with Gasteiger partial charge >= 0.3 is 0 Å². The minimum absolute atomic E-state index is 0.0904. The zero-order chi connectivity index (χ0) is 104. The maximum absolute atomic E-state index is 13.0. The Hall–Kier alpha value is -10.6. The molecule has 0 radical (unpaired) electrons. The van der Waals surface area contributed by atoms with Crippen LogP contribution in [0.25, 0.3) is 0 Å². The van der Waals surface area contributed by atoms with E-state index >= 15 is 0 Å². The first-order chi connectivity index (χ1) is 69.3. The van der Waals surface area contributed by atoms with Gasteiger partial charge in [-0.1, -0.05) is 213 Å². The van der Waals surface area contributed by atoms with Gasteiger partial charge in [0.1, 0.15) is 11.5 Å². The Bertz CT molecular complexity index is 5950. The van der Waals surface area contributed by atoms with Crippen LogP contribution in [0.4, 0.5) is 0 Å². The van der Waals surface area contributed by atoms with Crippen molar-refractivity contribution in [2.75, 3.05) is 39.5 Å². The lowest BCUT2D eigenvalue weighted by molar-refractivity contribution is -0.128. The second-order valence-electron chi connectivity index (χ2n) is 47.2. The molecule has 3 N–H and O–H groups in total. The van der Waals surface area contributed by atoms with Crippen molar-refractivity contribution in [2.24, 2.45) is 56.7 Å². The highest BCUT2D eigenvalue weighted by molar-refractivity contribution is 5.83. The second-order valence-corrected chi connectivity index (χ2v) is 47.2. The van der Waals surface area contributed by atoms with Crippen molar-refractivity contribution >= 4 is 36.0 Å². The van der Waals surface area contributed by atoms with E-state index in [1.165, 1.54) is 109 Å². The van der Waals surface area contributed by atoms with E-state index in [9.17, 15) is 28.8 Å². The number of aromatic nitrogens is 10. The van der Waals surface area contributed by atoms with E-state index in [1.54, 1.807) is 23.4 Å². The number of unbranched alkanes of at least 4 members (excludes halogenated alkanes) is 5. The largest absolute Gasteiger partial charge is 0.493 e. The second kappa shape index (κ2) is 44.9. The molecule has 0 spiro atoms. The minimum atomic E-state index is 0.0904. The number of hydrogen-bond donors (Lipinski definition) is 3. The Morgan fingerprint density at radius 2 is 0.531 bits per heavy atom. The fourth-order valence-electron chi connectivity index (χ4n) is 26.2. The van der Waals surface area contributed by atoms with Gasteiger partial charge in [-0.15, -0.1) is 0 Å². The van der Waals surface area contributed by atoms with Gasteiger partial charge in [0.2, 0.25) is 29.5 Å². The molecule has 10 unspecified atom stereocenters. The van der Waals surface area contributed by atoms with Gasteiger partial charge in [-0.05, 0) is 344 Å². The van der Waals surface area contributed by atoms with Crippen LogP contribution in [0.1, 0.15) is 398 Å². The van der Waals surface area contributed by atoms with Gasteiger partial charge in [0.05, 0.1) is 76.8 Å². The standard InChI is InChI=1S/C27H36N2O4.C27H38N2O2.3C23H31N3O/c1-17-13-20(14-18(2)26(17)33-12-8-6-7-11-32-16-30)9-10-23(31)29-22-15-21-25(27(21,4)5)24(22)19(3)28-29;1-7-8-9-10-13-31-26-17(2)14-20(15-18(26)3)11-12-23(30)29-22-16-21-25(27(21,5)6)24(22)19(4)28-29;3*1-5-12-24-14-17-8-6-16(7-9-17)10-11-20(27)26-19-13-18-22(23(18,3)4)21(19)15(2)25-26/h13-14,16,21,25H,6-12,15H2,1-5H3;14-15,21,25H,7-13,16H2,1-6H3;3*6-9,18,22,24H,5,10-14H2,1-4H3. The third kappa shape index (κ3) is 22.9. The van der Waals surface area contributed by atoms with Crippen LogP contribution in [0.5, 0.6) is 11.5 Å². The van der Waals surface area contributed by atoms with Crippen LogP contribution in [-0.2, 0) is 93.4 Å². The highest BCUT2D eigenvalue weighted by Gasteiger charge is 2.68. The van der Waals surface area contributed by atoms with Crippen molar-refractivity contribution in [3.63, 3.8) is 0 Å². The number of fused-ring (bicyclic) bond motifs is 15. The topological polar surface area (TPSA) is 255 Å². The van der Waals surface area contributed by atoms with Crippen LogP contribution in [0.2, 0.25) is 0 Å². The van der Waals surface area contributed by atoms with Crippen molar-refractivity contribution in [1.29, 1.82) is 0 Å². The lowest BCUT2D eigenvalue weighted by atomic mass is 9.98. The summed E-state index contributed by atoms with van der Waals surface area (Å²) in [6.45, 7) is 59.0. The molecule has 5 heterocycles. The summed E-state index contributed by atoms with van der Waals surface area (Å²) in [5.74, 6) is 9.05. The summed E-state index contributed by atoms with van der Waals surface area (Å²) in [4.78, 5) is 74.6. The molecule has 10 aliphatic rings. The first-order valence-corrected chi connectivity index (χ1v) is 55.2. The molecule has 10 aromatic rings. The maximum Gasteiger partial charge on any atom is 0.293 e. The molecule has 0 bridgehead atoms. The Labute approximate surface area is 863 Å². The number of ether oxygens (including phenoxy) is 3. The lowest BCUT2D eigenvalue weighted by Crippen LogP contribution is -2.17. The van der Waals surface area contributed by atoms with Crippen molar-refractivity contribution in [3.05, 3.63) is 249 Å². The van der Waals surface area contributed by atoms with E-state index < -0.39 is 0 Å². The van der Waals surface area contributed by atoms with Crippen molar-refractivity contribution in [3.8, 4) is 11.5 Å². The Morgan fingerprint density at radius 3 is 0.759 bits per heavy atom. The number of carbonyl (C=O) groups excluding carboxylic acids is 6. The molecule has 0 saturated heterocycles. The highest BCUT2D eigenvalue weighted by atomic mass is 16.5. The number of nitrogens with zero attached hydrogens (tertiary/aromatic N) is 10. The van der Waals surface area contributed by atoms with Crippen LogP contribution in [0, 0.1) is 119 Å². The van der Waals surface area contributed by atoms with Gasteiger partial charge in [-0.2, -0.15) is 25.5 Å². The first-order valence-electron chi connectivity index (χ1n) is 55.2. The quantitative estimate of drug-likeness (QED) is 0.0238. The number of aryl methyl sites for hydroxylation is 14. The molecule has 22 heteroatoms. The summed E-state index contributed by atoms with van der Waals surface area (Å²) in [7, 11) is 0. The van der Waals surface area contributed by atoms with Gasteiger partial charge in [-0.3, -0.25) is 28.8 Å². The van der Waals surface area contributed by atoms with Crippen LogP contribution in [0.15, 0.2) is 97.1 Å². The fraction of sp³-hybridized carbons (Fsp3) is 0.585. The molecule has 5 saturated carbocycles. The van der Waals surface area contributed by atoms with E-state index in [2.05, 4.69) is 291 Å². The number of carbonyl (C=O) groups is 6. The lowest BCUT2D eigenvalue weighted by Gasteiger charge is -2.14. The molecule has 778 valence electrons. The molecular formula is C123H167N13O9. The van der Waals surface area contributed by atoms with Crippen molar-refractivity contribution in [1.82, 2.24) is 64.9 Å². The van der Waals surface area contributed by atoms with Gasteiger partial charge in [0, 0.05) is 79.6 Å². The predicted molar refractivity (Wildman–Crippen MR) is 576 cm³/mol. The van der Waals surface area contributed by atoms with Gasteiger partial charge in [0.15, 0.2) is 0 Å². The fourth-order valence-corrected chi connectivity index (χ4v) is 26.2. The summed E-state index contributed by atoms with van der Waals surface area (Å²) in [5.41, 5.74) is 34.2. The SMILES string of the molecule is CCCCCCOc1c(C)cc(CCC(=O)n2nc(C)c3c2CC2C3C2(C)C)cc1C.CCCNCc1ccc(CCC(=O)n2nc(C)c3c2CC2C3C2(C)C)cc1.CCCNCc1ccc(CCC(=O)n2nc(C)c3c2CC2C3C2(C)C)cc1.CCCNCc1ccc(CCC(=O)n2nc(C)c3c2CC2C3C2(C)C)cc1.Cc1cc(CCC(=O)n2nc(C)c3c2CC2C3C2(C)C)cc(C)c1OCCCCCOC=O. The minimum Gasteiger partial charge on any atom is -0.493 e. The molecule has 10 aliphatic carbocycles. The van der Waals surface area contributed by atoms with Crippen LogP contribution < -0.4 is 25.4 Å². The Morgan fingerprint density at radius 1 is 0.310 bits per heavy atom. The van der Waals surface area contributed by atoms with E-state index in [1.807, 2.05) is 6.92 Å². The number of hydrogen-bond acceptors (Lipinski definition) is 17. The molecule has 5 fully saturated rings. The summed E-state index contributed by atoms with van der Waals surface area (Å²) in [6, 6.07) is 34.5. The summed E-state index contributed by atoms with van der Waals surface area (Å²) in [5, 5.41) is 33.3. The molecule has 10 atom stereocenters. The van der Waals surface area contributed by atoms with Gasteiger partial charge in [0.25, 0.3) is 6.47 Å². The summed E-state index contributed by atoms with van der Waals surface area (Å²) < 4.78 is 25.4. The molecule has 22 nitrogen and oxygen atoms in total. The Kier molecular flexibility index (Phi) is 33.2.